The number of hydrogen-bond acceptors (Lipinski definition) is 5. The predicted octanol–water partition coefficient (Wildman–Crippen LogP) is 3.20. The van der Waals surface area contributed by atoms with Crippen LogP contribution in [-0.4, -0.2) is 27.3 Å². The molecule has 3 rings (SSSR count). The summed E-state index contributed by atoms with van der Waals surface area (Å²) in [6, 6.07) is 5.19. The Labute approximate surface area is 140 Å². The number of para-hydroxylation sites is 1. The first kappa shape index (κ1) is 16.7. The monoisotopic (exact) mass is 350 g/mol. The summed E-state index contributed by atoms with van der Waals surface area (Å²) in [4.78, 5) is 15.7. The largest absolute Gasteiger partial charge is 0.462 e. The first-order valence-corrected chi connectivity index (χ1v) is 7.30. The molecule has 0 aliphatic heterocycles. The summed E-state index contributed by atoms with van der Waals surface area (Å²) in [5, 5.41) is 4.22. The molecule has 0 aliphatic rings. The molecule has 130 valence electrons. The van der Waals surface area contributed by atoms with Crippen molar-refractivity contribution >= 4 is 22.7 Å². The van der Waals surface area contributed by atoms with Crippen LogP contribution in [0.5, 0.6) is 0 Å². The van der Waals surface area contributed by atoms with Crippen molar-refractivity contribution in [3.05, 3.63) is 47.8 Å². The molecule has 3 aromatic rings. The van der Waals surface area contributed by atoms with Crippen LogP contribution in [0, 0.1) is 0 Å². The Morgan fingerprint density at radius 1 is 1.32 bits per heavy atom. The third-order valence-electron chi connectivity index (χ3n) is 3.58. The van der Waals surface area contributed by atoms with E-state index in [0.29, 0.717) is 0 Å². The van der Waals surface area contributed by atoms with E-state index in [1.54, 1.807) is 6.92 Å². The van der Waals surface area contributed by atoms with E-state index in [0.717, 1.165) is 6.07 Å². The fraction of sp³-hybridized carbons (Fsp3) is 0.188. The van der Waals surface area contributed by atoms with Crippen LogP contribution in [0.25, 0.3) is 16.6 Å². The molecule has 0 unspecified atom stereocenters. The van der Waals surface area contributed by atoms with E-state index in [4.69, 9.17) is 10.5 Å². The standard InChI is InChI=1S/C16H13F3N4O2/c1-2-25-15(24)10-8-22-23(14(10)20)12-6-7-21-13-9(12)4-3-5-11(13)16(17,18)19/h3-8H,2,20H2,1H3. The minimum atomic E-state index is -4.54. The molecule has 0 aliphatic carbocycles. The number of benzene rings is 1. The highest BCUT2D eigenvalue weighted by Gasteiger charge is 2.33. The van der Waals surface area contributed by atoms with Gasteiger partial charge in [-0.2, -0.15) is 18.3 Å². The zero-order chi connectivity index (χ0) is 18.2. The molecule has 0 saturated heterocycles. The molecule has 6 nitrogen and oxygen atoms in total. The molecular weight excluding hydrogens is 337 g/mol. The van der Waals surface area contributed by atoms with Crippen LogP contribution in [0.4, 0.5) is 19.0 Å². The number of nitrogen functional groups attached to an aromatic ring is 1. The smallest absolute Gasteiger partial charge is 0.418 e. The summed E-state index contributed by atoms with van der Waals surface area (Å²) < 4.78 is 45.6. The lowest BCUT2D eigenvalue weighted by atomic mass is 10.1. The van der Waals surface area contributed by atoms with Gasteiger partial charge in [0, 0.05) is 11.6 Å². The van der Waals surface area contributed by atoms with Crippen LogP contribution < -0.4 is 5.73 Å². The van der Waals surface area contributed by atoms with E-state index in [-0.39, 0.29) is 34.6 Å². The molecule has 0 fully saturated rings. The van der Waals surface area contributed by atoms with E-state index in [1.807, 2.05) is 0 Å². The highest BCUT2D eigenvalue weighted by atomic mass is 19.4. The van der Waals surface area contributed by atoms with Crippen LogP contribution in [0.15, 0.2) is 36.7 Å². The minimum absolute atomic E-state index is 0.0247. The summed E-state index contributed by atoms with van der Waals surface area (Å²) in [6.07, 6.45) is -2.10. The van der Waals surface area contributed by atoms with Crippen molar-refractivity contribution in [1.82, 2.24) is 14.8 Å². The highest BCUT2D eigenvalue weighted by Crippen LogP contribution is 2.35. The number of rotatable bonds is 3. The summed E-state index contributed by atoms with van der Waals surface area (Å²) in [5.74, 6) is -0.677. The highest BCUT2D eigenvalue weighted by molar-refractivity contribution is 5.95. The van der Waals surface area contributed by atoms with Gasteiger partial charge in [-0.1, -0.05) is 12.1 Å². The fourth-order valence-corrected chi connectivity index (χ4v) is 2.49. The number of nitrogens with two attached hydrogens (primary N) is 1. The topological polar surface area (TPSA) is 83.0 Å². The van der Waals surface area contributed by atoms with Crippen molar-refractivity contribution in [1.29, 1.82) is 0 Å². The van der Waals surface area contributed by atoms with Crippen LogP contribution >= 0.6 is 0 Å². The third kappa shape index (κ3) is 2.88. The number of pyridine rings is 1. The average Bonchev–Trinajstić information content (AvgIpc) is 2.94. The summed E-state index contributed by atoms with van der Waals surface area (Å²) in [7, 11) is 0. The van der Waals surface area contributed by atoms with Crippen LogP contribution in [0.1, 0.15) is 22.8 Å². The van der Waals surface area contributed by atoms with Gasteiger partial charge in [-0.25, -0.2) is 9.48 Å². The Hall–Kier alpha value is -3.10. The van der Waals surface area contributed by atoms with Crippen LogP contribution in [0.3, 0.4) is 0 Å². The molecule has 1 aromatic carbocycles. The lowest BCUT2D eigenvalue weighted by Crippen LogP contribution is -2.10. The quantitative estimate of drug-likeness (QED) is 0.734. The predicted molar refractivity (Wildman–Crippen MR) is 84.2 cm³/mol. The SMILES string of the molecule is CCOC(=O)c1cnn(-c2ccnc3c(C(F)(F)F)cccc23)c1N. The number of carbonyl (C=O) groups is 1. The minimum Gasteiger partial charge on any atom is -0.462 e. The summed E-state index contributed by atoms with van der Waals surface area (Å²) in [5.41, 5.74) is 5.18. The second-order valence-electron chi connectivity index (χ2n) is 5.11. The van der Waals surface area contributed by atoms with Gasteiger partial charge in [-0.05, 0) is 19.1 Å². The van der Waals surface area contributed by atoms with E-state index >= 15 is 0 Å². The maximum atomic E-state index is 13.2. The summed E-state index contributed by atoms with van der Waals surface area (Å²) in [6.45, 7) is 1.81. The van der Waals surface area contributed by atoms with Crippen molar-refractivity contribution in [2.75, 3.05) is 12.3 Å². The Bertz CT molecular complexity index is 950. The number of halogens is 3. The van der Waals surface area contributed by atoms with E-state index in [9.17, 15) is 18.0 Å². The maximum absolute atomic E-state index is 13.2. The maximum Gasteiger partial charge on any atom is 0.418 e. The molecule has 0 saturated carbocycles. The van der Waals surface area contributed by atoms with Gasteiger partial charge in [0.05, 0.1) is 29.6 Å². The first-order valence-electron chi connectivity index (χ1n) is 7.30. The van der Waals surface area contributed by atoms with Gasteiger partial charge in [0.2, 0.25) is 0 Å². The van der Waals surface area contributed by atoms with E-state index in [1.165, 1.54) is 35.3 Å². The normalized spacial score (nSPS) is 11.7. The second-order valence-corrected chi connectivity index (χ2v) is 5.11. The molecule has 25 heavy (non-hydrogen) atoms. The molecule has 2 heterocycles. The number of nitrogens with zero attached hydrogens (tertiary/aromatic N) is 3. The number of aromatic nitrogens is 3. The Morgan fingerprint density at radius 3 is 2.76 bits per heavy atom. The number of hydrogen-bond donors (Lipinski definition) is 1. The van der Waals surface area contributed by atoms with Gasteiger partial charge in [-0.3, -0.25) is 4.98 Å². The number of esters is 1. The van der Waals surface area contributed by atoms with Gasteiger partial charge >= 0.3 is 12.1 Å². The van der Waals surface area contributed by atoms with Crippen molar-refractivity contribution in [3.8, 4) is 5.69 Å². The van der Waals surface area contributed by atoms with Crippen molar-refractivity contribution in [2.24, 2.45) is 0 Å². The number of fused-ring (bicyclic) bond motifs is 1. The Balaban J connectivity index is 2.20. The van der Waals surface area contributed by atoms with Gasteiger partial charge in [0.25, 0.3) is 0 Å². The Morgan fingerprint density at radius 2 is 2.08 bits per heavy atom. The van der Waals surface area contributed by atoms with Crippen molar-refractivity contribution in [3.63, 3.8) is 0 Å². The molecule has 0 spiro atoms. The third-order valence-corrected chi connectivity index (χ3v) is 3.58. The summed E-state index contributed by atoms with van der Waals surface area (Å²) >= 11 is 0. The number of anilines is 1. The number of carbonyl (C=O) groups excluding carboxylic acids is 1. The molecule has 0 atom stereocenters. The van der Waals surface area contributed by atoms with Crippen LogP contribution in [-0.2, 0) is 10.9 Å². The number of alkyl halides is 3. The van der Waals surface area contributed by atoms with Gasteiger partial charge in [0.15, 0.2) is 0 Å². The molecule has 0 radical (unpaired) electrons. The lowest BCUT2D eigenvalue weighted by molar-refractivity contribution is -0.136. The molecule has 2 aromatic heterocycles. The van der Waals surface area contributed by atoms with Crippen LogP contribution in [0.2, 0.25) is 0 Å². The van der Waals surface area contributed by atoms with E-state index < -0.39 is 17.7 Å². The molecule has 0 amide bonds. The molecular formula is C16H13F3N4O2. The fourth-order valence-electron chi connectivity index (χ4n) is 2.49. The molecule has 9 heteroatoms. The van der Waals surface area contributed by atoms with Gasteiger partial charge < -0.3 is 10.5 Å². The van der Waals surface area contributed by atoms with Crippen molar-refractivity contribution in [2.45, 2.75) is 13.1 Å². The van der Waals surface area contributed by atoms with Gasteiger partial charge in [0.1, 0.15) is 11.4 Å². The molecule has 2 N–H and O–H groups in total. The second kappa shape index (κ2) is 6.08. The molecule has 0 bridgehead atoms. The number of ether oxygens (including phenoxy) is 1. The zero-order valence-electron chi connectivity index (χ0n) is 13.0. The van der Waals surface area contributed by atoms with Crippen molar-refractivity contribution < 1.29 is 22.7 Å². The Kier molecular flexibility index (Phi) is 4.07. The first-order chi connectivity index (χ1) is 11.8. The van der Waals surface area contributed by atoms with Gasteiger partial charge in [-0.15, -0.1) is 0 Å². The lowest BCUT2D eigenvalue weighted by Gasteiger charge is -2.12. The zero-order valence-corrected chi connectivity index (χ0v) is 13.0. The van der Waals surface area contributed by atoms with E-state index in [2.05, 4.69) is 10.1 Å². The average molecular weight is 350 g/mol.